The van der Waals surface area contributed by atoms with Gasteiger partial charge >= 0.3 is 0 Å². The van der Waals surface area contributed by atoms with Gasteiger partial charge in [0, 0.05) is 11.9 Å². The van der Waals surface area contributed by atoms with Crippen LogP contribution in [0.4, 0.5) is 0 Å². The fourth-order valence-corrected chi connectivity index (χ4v) is 3.02. The topological polar surface area (TPSA) is 50.8 Å². The number of aromatic amines is 1. The largest absolute Gasteiger partial charge is 0.480 e. The number of nitrogens with zero attached hydrogens (tertiary/aromatic N) is 2. The first-order chi connectivity index (χ1) is 13.9. The summed E-state index contributed by atoms with van der Waals surface area (Å²) in [6.07, 6.45) is 6.06. The highest BCUT2D eigenvalue weighted by Gasteiger charge is 2.15. The molecule has 0 spiro atoms. The number of ether oxygens (including phenoxy) is 1. The van der Waals surface area contributed by atoms with Gasteiger partial charge in [-0.15, -0.1) is 0 Å². The van der Waals surface area contributed by atoms with Gasteiger partial charge in [0.1, 0.15) is 0 Å². The third kappa shape index (κ3) is 6.31. The van der Waals surface area contributed by atoms with Crippen LogP contribution in [0.2, 0.25) is 0 Å². The van der Waals surface area contributed by atoms with Crippen molar-refractivity contribution < 1.29 is 4.74 Å². The van der Waals surface area contributed by atoms with E-state index in [1.54, 1.807) is 7.11 Å². The molecule has 0 amide bonds. The van der Waals surface area contributed by atoms with Gasteiger partial charge < -0.3 is 9.72 Å². The monoisotopic (exact) mass is 397 g/mol. The summed E-state index contributed by atoms with van der Waals surface area (Å²) in [6.45, 7) is 16.8. The molecule has 4 heteroatoms. The maximum atomic E-state index is 5.51. The van der Waals surface area contributed by atoms with Crippen molar-refractivity contribution in [3.63, 3.8) is 0 Å². The maximum Gasteiger partial charge on any atom is 0.222 e. The van der Waals surface area contributed by atoms with Gasteiger partial charge in [-0.3, -0.25) is 0 Å². The molecule has 0 aliphatic heterocycles. The van der Waals surface area contributed by atoms with Gasteiger partial charge in [0.05, 0.1) is 29.4 Å². The third-order valence-corrected chi connectivity index (χ3v) is 4.66. The van der Waals surface area contributed by atoms with Crippen LogP contribution >= 0.6 is 0 Å². The average Bonchev–Trinajstić information content (AvgIpc) is 3.09. The number of unbranched alkanes of at least 4 members (excludes halogenated alkanes) is 2. The van der Waals surface area contributed by atoms with Crippen LogP contribution in [0.3, 0.4) is 0 Å². The smallest absolute Gasteiger partial charge is 0.222 e. The second-order valence-corrected chi connectivity index (χ2v) is 7.32. The number of rotatable bonds is 5. The van der Waals surface area contributed by atoms with E-state index in [2.05, 4.69) is 69.7 Å². The molecule has 0 aliphatic rings. The molecule has 0 aliphatic carbocycles. The molecule has 1 N–H and O–H groups in total. The van der Waals surface area contributed by atoms with Crippen molar-refractivity contribution in [1.82, 2.24) is 15.0 Å². The lowest BCUT2D eigenvalue weighted by Gasteiger charge is -2.13. The van der Waals surface area contributed by atoms with Gasteiger partial charge in [0.25, 0.3) is 0 Å². The summed E-state index contributed by atoms with van der Waals surface area (Å²) in [5, 5.41) is 0. The van der Waals surface area contributed by atoms with Crippen LogP contribution < -0.4 is 4.74 Å². The Morgan fingerprint density at radius 1 is 1.00 bits per heavy atom. The molecule has 0 aromatic carbocycles. The summed E-state index contributed by atoms with van der Waals surface area (Å²) in [5.74, 6) is 1.00. The molecule has 3 rings (SSSR count). The predicted octanol–water partition coefficient (Wildman–Crippen LogP) is 7.60. The molecular formula is C25H39N3O. The van der Waals surface area contributed by atoms with Gasteiger partial charge in [-0.25, -0.2) is 9.97 Å². The van der Waals surface area contributed by atoms with Crippen LogP contribution in [0.5, 0.6) is 5.88 Å². The number of H-pyrrole nitrogens is 1. The van der Waals surface area contributed by atoms with E-state index in [9.17, 15) is 0 Å². The van der Waals surface area contributed by atoms with Crippen molar-refractivity contribution in [3.05, 3.63) is 41.2 Å². The Kier molecular flexibility index (Phi) is 10.4. The lowest BCUT2D eigenvalue weighted by Crippen LogP contribution is -2.00. The molecule has 0 unspecified atom stereocenters. The first-order valence-electron chi connectivity index (χ1n) is 10.9. The van der Waals surface area contributed by atoms with Gasteiger partial charge in [-0.2, -0.15) is 0 Å². The number of aryl methyl sites for hydroxylation is 2. The molecular weight excluding hydrogens is 358 g/mol. The molecule has 0 saturated heterocycles. The number of hydrogen-bond acceptors (Lipinski definition) is 3. The first-order valence-corrected chi connectivity index (χ1v) is 10.9. The second kappa shape index (κ2) is 12.3. The van der Waals surface area contributed by atoms with Gasteiger partial charge in [0.15, 0.2) is 0 Å². The highest BCUT2D eigenvalue weighted by Crippen LogP contribution is 2.32. The fraction of sp³-hybridized carbons (Fsp3) is 0.520. The predicted molar refractivity (Wildman–Crippen MR) is 126 cm³/mol. The summed E-state index contributed by atoms with van der Waals surface area (Å²) in [4.78, 5) is 12.7. The van der Waals surface area contributed by atoms with E-state index in [1.165, 1.54) is 19.3 Å². The summed E-state index contributed by atoms with van der Waals surface area (Å²) in [7, 11) is 1.66. The SMILES string of the molecule is CC.CCCCC.COc1nc(C(C)C)ccc1-c1nc2c(C)c[nH]c2cc1C. The van der Waals surface area contributed by atoms with E-state index in [1.807, 2.05) is 20.0 Å². The molecule has 0 fully saturated rings. The van der Waals surface area contributed by atoms with E-state index in [4.69, 9.17) is 9.72 Å². The van der Waals surface area contributed by atoms with Crippen LogP contribution in [-0.2, 0) is 0 Å². The normalized spacial score (nSPS) is 10.3. The van der Waals surface area contributed by atoms with E-state index in [0.717, 1.165) is 39.1 Å². The van der Waals surface area contributed by atoms with Crippen molar-refractivity contribution in [1.29, 1.82) is 0 Å². The van der Waals surface area contributed by atoms with Crippen LogP contribution in [0, 0.1) is 13.8 Å². The van der Waals surface area contributed by atoms with Crippen molar-refractivity contribution >= 4 is 11.0 Å². The standard InChI is InChI=1S/C18H21N3O.C5H12.C2H6/c1-10(2)14-7-6-13(18(20-14)22-5)16-11(3)8-15-17(21-16)12(4)9-19-15;1-3-5-4-2;1-2/h6-10,19H,1-5H3;3-5H2,1-2H3;1-2H3. The molecule has 29 heavy (non-hydrogen) atoms. The van der Waals surface area contributed by atoms with E-state index >= 15 is 0 Å². The Morgan fingerprint density at radius 2 is 1.66 bits per heavy atom. The minimum absolute atomic E-state index is 0.367. The van der Waals surface area contributed by atoms with Crippen molar-refractivity contribution in [2.75, 3.05) is 7.11 Å². The fourth-order valence-electron chi connectivity index (χ4n) is 3.02. The van der Waals surface area contributed by atoms with Crippen molar-refractivity contribution in [2.24, 2.45) is 0 Å². The number of aromatic nitrogens is 3. The number of hydrogen-bond donors (Lipinski definition) is 1. The minimum Gasteiger partial charge on any atom is -0.480 e. The van der Waals surface area contributed by atoms with E-state index < -0.39 is 0 Å². The lowest BCUT2D eigenvalue weighted by atomic mass is 10.0. The zero-order valence-corrected chi connectivity index (χ0v) is 19.8. The Balaban J connectivity index is 0.000000527. The Labute approximate surface area is 177 Å². The zero-order valence-electron chi connectivity index (χ0n) is 19.8. The van der Waals surface area contributed by atoms with Crippen LogP contribution in [-0.4, -0.2) is 22.1 Å². The highest BCUT2D eigenvalue weighted by atomic mass is 16.5. The van der Waals surface area contributed by atoms with Gasteiger partial charge in [-0.1, -0.05) is 60.8 Å². The molecule has 0 saturated carbocycles. The van der Waals surface area contributed by atoms with E-state index in [0.29, 0.717) is 11.8 Å². The Bertz CT molecular complexity index is 879. The lowest BCUT2D eigenvalue weighted by molar-refractivity contribution is 0.397. The Morgan fingerprint density at radius 3 is 2.17 bits per heavy atom. The molecule has 3 heterocycles. The molecule has 0 bridgehead atoms. The Hall–Kier alpha value is -2.36. The van der Waals surface area contributed by atoms with Gasteiger partial charge in [-0.05, 0) is 49.1 Å². The molecule has 3 aromatic rings. The third-order valence-electron chi connectivity index (χ3n) is 4.66. The van der Waals surface area contributed by atoms with Crippen molar-refractivity contribution in [3.8, 4) is 17.1 Å². The quantitative estimate of drug-likeness (QED) is 0.482. The van der Waals surface area contributed by atoms with Crippen LogP contribution in [0.15, 0.2) is 24.4 Å². The average molecular weight is 398 g/mol. The second-order valence-electron chi connectivity index (χ2n) is 7.32. The highest BCUT2D eigenvalue weighted by molar-refractivity contribution is 5.84. The number of methoxy groups -OCH3 is 1. The summed E-state index contributed by atoms with van der Waals surface area (Å²) >= 11 is 0. The molecule has 0 atom stereocenters. The number of pyridine rings is 2. The summed E-state index contributed by atoms with van der Waals surface area (Å²) in [5.41, 5.74) is 7.19. The summed E-state index contributed by atoms with van der Waals surface area (Å²) < 4.78 is 5.51. The molecule has 4 nitrogen and oxygen atoms in total. The molecule has 0 radical (unpaired) electrons. The zero-order chi connectivity index (χ0) is 22.0. The maximum absolute atomic E-state index is 5.51. The van der Waals surface area contributed by atoms with Crippen LogP contribution in [0.1, 0.15) is 83.5 Å². The molecule has 160 valence electrons. The molecule has 3 aromatic heterocycles. The van der Waals surface area contributed by atoms with Crippen LogP contribution in [0.25, 0.3) is 22.3 Å². The van der Waals surface area contributed by atoms with Gasteiger partial charge in [0.2, 0.25) is 5.88 Å². The first kappa shape index (κ1) is 24.7. The number of fused-ring (bicyclic) bond motifs is 1. The number of nitrogens with one attached hydrogen (secondary N) is 1. The van der Waals surface area contributed by atoms with Crippen molar-refractivity contribution in [2.45, 2.75) is 80.6 Å². The summed E-state index contributed by atoms with van der Waals surface area (Å²) in [6, 6.07) is 6.24. The van der Waals surface area contributed by atoms with E-state index in [-0.39, 0.29) is 0 Å². The minimum atomic E-state index is 0.367.